The van der Waals surface area contributed by atoms with Crippen LogP contribution >= 0.6 is 15.9 Å². The van der Waals surface area contributed by atoms with E-state index in [0.717, 1.165) is 35.3 Å². The van der Waals surface area contributed by atoms with Gasteiger partial charge in [0.05, 0.1) is 10.6 Å². The lowest BCUT2D eigenvalue weighted by atomic mass is 10.1. The van der Waals surface area contributed by atoms with Crippen LogP contribution in [0.2, 0.25) is 0 Å². The third kappa shape index (κ3) is 2.72. The summed E-state index contributed by atoms with van der Waals surface area (Å²) in [6.45, 7) is 0.389. The van der Waals surface area contributed by atoms with Gasteiger partial charge in [0.15, 0.2) is 0 Å². The van der Waals surface area contributed by atoms with E-state index in [4.69, 9.17) is 4.74 Å². The molecule has 0 bridgehead atoms. The van der Waals surface area contributed by atoms with Gasteiger partial charge in [-0.1, -0.05) is 12.1 Å². The van der Waals surface area contributed by atoms with E-state index in [-0.39, 0.29) is 11.9 Å². The molecule has 0 aromatic heterocycles. The number of halogens is 2. The molecule has 20 heavy (non-hydrogen) atoms. The molecule has 1 aliphatic carbocycles. The van der Waals surface area contributed by atoms with E-state index in [1.54, 1.807) is 12.1 Å². The first-order valence-corrected chi connectivity index (χ1v) is 7.30. The Morgan fingerprint density at radius 1 is 1.25 bits per heavy atom. The zero-order chi connectivity index (χ0) is 14.1. The number of aryl methyl sites for hydroxylation is 1. The van der Waals surface area contributed by atoms with E-state index in [1.165, 1.54) is 6.07 Å². The highest BCUT2D eigenvalue weighted by atomic mass is 79.9. The molecule has 4 heteroatoms. The van der Waals surface area contributed by atoms with Crippen molar-refractivity contribution in [3.05, 3.63) is 63.4 Å². The molecule has 1 unspecified atom stereocenters. The van der Waals surface area contributed by atoms with Gasteiger partial charge in [-0.15, -0.1) is 0 Å². The summed E-state index contributed by atoms with van der Waals surface area (Å²) in [6, 6.07) is 10.6. The van der Waals surface area contributed by atoms with E-state index in [1.807, 2.05) is 18.2 Å². The minimum Gasteiger partial charge on any atom is -0.489 e. The van der Waals surface area contributed by atoms with Crippen molar-refractivity contribution >= 4 is 15.9 Å². The normalized spacial score (nSPS) is 17.1. The van der Waals surface area contributed by atoms with Gasteiger partial charge in [-0.2, -0.15) is 0 Å². The summed E-state index contributed by atoms with van der Waals surface area (Å²) in [7, 11) is 0. The summed E-state index contributed by atoms with van der Waals surface area (Å²) >= 11 is 3.16. The molecule has 0 saturated heterocycles. The van der Waals surface area contributed by atoms with Crippen LogP contribution in [-0.4, -0.2) is 5.11 Å². The lowest BCUT2D eigenvalue weighted by Gasteiger charge is -2.09. The summed E-state index contributed by atoms with van der Waals surface area (Å²) in [5.41, 5.74) is 3.05. The number of aliphatic hydroxyl groups excluding tert-OH is 1. The molecule has 1 aliphatic rings. The monoisotopic (exact) mass is 336 g/mol. The molecule has 2 nitrogen and oxygen atoms in total. The molecular formula is C16H14BrFO2. The fourth-order valence-corrected chi connectivity index (χ4v) is 2.88. The van der Waals surface area contributed by atoms with E-state index >= 15 is 0 Å². The van der Waals surface area contributed by atoms with Gasteiger partial charge >= 0.3 is 0 Å². The van der Waals surface area contributed by atoms with Crippen LogP contribution in [0.25, 0.3) is 0 Å². The predicted molar refractivity (Wildman–Crippen MR) is 78.2 cm³/mol. The van der Waals surface area contributed by atoms with E-state index in [9.17, 15) is 9.50 Å². The van der Waals surface area contributed by atoms with Crippen molar-refractivity contribution in [1.29, 1.82) is 0 Å². The van der Waals surface area contributed by atoms with Crippen LogP contribution in [0, 0.1) is 5.82 Å². The Kier molecular flexibility index (Phi) is 3.76. The summed E-state index contributed by atoms with van der Waals surface area (Å²) in [6.07, 6.45) is 1.33. The number of ether oxygens (including phenoxy) is 1. The first-order valence-electron chi connectivity index (χ1n) is 6.51. The van der Waals surface area contributed by atoms with Crippen molar-refractivity contribution in [2.45, 2.75) is 25.6 Å². The van der Waals surface area contributed by atoms with Gasteiger partial charge in [-0.05, 0) is 69.7 Å². The van der Waals surface area contributed by atoms with Crippen LogP contribution in [0.3, 0.4) is 0 Å². The van der Waals surface area contributed by atoms with Gasteiger partial charge in [0, 0.05) is 0 Å². The Morgan fingerprint density at radius 3 is 2.90 bits per heavy atom. The first-order chi connectivity index (χ1) is 9.63. The molecule has 0 aliphatic heterocycles. The highest BCUT2D eigenvalue weighted by molar-refractivity contribution is 9.10. The van der Waals surface area contributed by atoms with Crippen molar-refractivity contribution < 1.29 is 14.2 Å². The van der Waals surface area contributed by atoms with Gasteiger partial charge < -0.3 is 9.84 Å². The third-order valence-electron chi connectivity index (χ3n) is 3.55. The Balaban J connectivity index is 1.71. The van der Waals surface area contributed by atoms with Gasteiger partial charge in [-0.25, -0.2) is 4.39 Å². The number of fused-ring (bicyclic) bond motifs is 1. The molecule has 0 saturated carbocycles. The quantitative estimate of drug-likeness (QED) is 0.912. The standard InChI is InChI=1S/C16H14BrFO2/c17-14-7-10(1-5-15(14)18)9-20-12-3-4-13-11(8-12)2-6-16(13)19/h1,3-5,7-8,16,19H,2,6,9H2. The second-order valence-electron chi connectivity index (χ2n) is 4.95. The average molecular weight is 337 g/mol. The van der Waals surface area contributed by atoms with Crippen molar-refractivity contribution in [2.75, 3.05) is 0 Å². The third-order valence-corrected chi connectivity index (χ3v) is 4.16. The smallest absolute Gasteiger partial charge is 0.137 e. The minimum absolute atomic E-state index is 0.278. The SMILES string of the molecule is OC1CCc2cc(OCc3ccc(F)c(Br)c3)ccc21. The van der Waals surface area contributed by atoms with Crippen LogP contribution in [0.5, 0.6) is 5.75 Å². The molecule has 0 radical (unpaired) electrons. The van der Waals surface area contributed by atoms with Crippen LogP contribution in [0.1, 0.15) is 29.2 Å². The second kappa shape index (κ2) is 5.54. The Bertz CT molecular complexity index is 642. The molecule has 0 spiro atoms. The maximum Gasteiger partial charge on any atom is 0.137 e. The number of hydrogen-bond acceptors (Lipinski definition) is 2. The fourth-order valence-electron chi connectivity index (χ4n) is 2.46. The zero-order valence-corrected chi connectivity index (χ0v) is 12.4. The van der Waals surface area contributed by atoms with Crippen LogP contribution in [0.15, 0.2) is 40.9 Å². The van der Waals surface area contributed by atoms with Crippen LogP contribution in [0.4, 0.5) is 4.39 Å². The number of hydrogen-bond donors (Lipinski definition) is 1. The summed E-state index contributed by atoms with van der Waals surface area (Å²) in [4.78, 5) is 0. The number of benzene rings is 2. The lowest BCUT2D eigenvalue weighted by Crippen LogP contribution is -1.97. The van der Waals surface area contributed by atoms with Gasteiger partial charge in [-0.3, -0.25) is 0 Å². The Morgan fingerprint density at radius 2 is 2.10 bits per heavy atom. The minimum atomic E-state index is -0.341. The predicted octanol–water partition coefficient (Wildman–Crippen LogP) is 4.15. The molecule has 2 aromatic carbocycles. The highest BCUT2D eigenvalue weighted by Crippen LogP contribution is 2.33. The molecule has 0 fully saturated rings. The number of rotatable bonds is 3. The summed E-state index contributed by atoms with van der Waals surface area (Å²) in [5.74, 6) is 0.499. The van der Waals surface area contributed by atoms with E-state index in [0.29, 0.717) is 11.1 Å². The summed E-state index contributed by atoms with van der Waals surface area (Å²) < 4.78 is 19.3. The maximum atomic E-state index is 13.1. The average Bonchev–Trinajstić information content (AvgIpc) is 2.81. The van der Waals surface area contributed by atoms with Crippen LogP contribution < -0.4 is 4.74 Å². The molecule has 1 atom stereocenters. The van der Waals surface area contributed by atoms with E-state index < -0.39 is 0 Å². The maximum absolute atomic E-state index is 13.1. The van der Waals surface area contributed by atoms with Gasteiger partial charge in [0.2, 0.25) is 0 Å². The fraction of sp³-hybridized carbons (Fsp3) is 0.250. The largest absolute Gasteiger partial charge is 0.489 e. The molecule has 104 valence electrons. The lowest BCUT2D eigenvalue weighted by molar-refractivity contribution is 0.180. The van der Waals surface area contributed by atoms with E-state index in [2.05, 4.69) is 15.9 Å². The molecule has 1 N–H and O–H groups in total. The molecule has 2 aromatic rings. The Hall–Kier alpha value is -1.39. The molecule has 0 amide bonds. The van der Waals surface area contributed by atoms with Crippen LogP contribution in [-0.2, 0) is 13.0 Å². The highest BCUT2D eigenvalue weighted by Gasteiger charge is 2.20. The van der Waals surface area contributed by atoms with Crippen molar-refractivity contribution in [1.82, 2.24) is 0 Å². The zero-order valence-electron chi connectivity index (χ0n) is 10.8. The van der Waals surface area contributed by atoms with Crippen molar-refractivity contribution in [3.8, 4) is 5.75 Å². The molecular weight excluding hydrogens is 323 g/mol. The van der Waals surface area contributed by atoms with Gasteiger partial charge in [0.25, 0.3) is 0 Å². The number of aliphatic hydroxyl groups is 1. The van der Waals surface area contributed by atoms with Crippen molar-refractivity contribution in [2.24, 2.45) is 0 Å². The Labute approximate surface area is 125 Å². The molecule has 3 rings (SSSR count). The van der Waals surface area contributed by atoms with Gasteiger partial charge in [0.1, 0.15) is 18.2 Å². The first kappa shape index (κ1) is 13.6. The molecule has 0 heterocycles. The topological polar surface area (TPSA) is 29.5 Å². The second-order valence-corrected chi connectivity index (χ2v) is 5.81. The summed E-state index contributed by atoms with van der Waals surface area (Å²) in [5, 5.41) is 9.76. The van der Waals surface area contributed by atoms with Crippen molar-refractivity contribution in [3.63, 3.8) is 0 Å².